The molecule has 1 aliphatic heterocycles. The van der Waals surface area contributed by atoms with E-state index >= 15 is 0 Å². The van der Waals surface area contributed by atoms with Gasteiger partial charge in [0.1, 0.15) is 0 Å². The molecule has 3 heteroatoms. The standard InChI is InChI=1S/C22H36N2O/c1-23-15-17-24(18-16-23)19-21-11-7-2-3-8-13-22(21,25)14-12-20-9-5-4-6-10-20/h4-6,9-10,21,25H,2-3,7-8,11-19H2,1H3. The molecule has 1 aromatic rings. The zero-order valence-corrected chi connectivity index (χ0v) is 16.0. The van der Waals surface area contributed by atoms with Gasteiger partial charge in [0.15, 0.2) is 0 Å². The Kier molecular flexibility index (Phi) is 6.92. The van der Waals surface area contributed by atoms with E-state index in [4.69, 9.17) is 0 Å². The summed E-state index contributed by atoms with van der Waals surface area (Å²) in [6, 6.07) is 10.7. The fourth-order valence-electron chi connectivity index (χ4n) is 4.59. The van der Waals surface area contributed by atoms with Gasteiger partial charge in [0, 0.05) is 38.6 Å². The highest BCUT2D eigenvalue weighted by Gasteiger charge is 2.37. The van der Waals surface area contributed by atoms with Gasteiger partial charge in [-0.25, -0.2) is 0 Å². The van der Waals surface area contributed by atoms with Crippen molar-refractivity contribution < 1.29 is 5.11 Å². The van der Waals surface area contributed by atoms with Crippen molar-refractivity contribution in [1.82, 2.24) is 9.80 Å². The predicted octanol–water partition coefficient (Wildman–Crippen LogP) is 3.57. The molecule has 0 spiro atoms. The lowest BCUT2D eigenvalue weighted by molar-refractivity contribution is -0.0575. The average molecular weight is 345 g/mol. The Hall–Kier alpha value is -0.900. The summed E-state index contributed by atoms with van der Waals surface area (Å²) >= 11 is 0. The van der Waals surface area contributed by atoms with Crippen molar-refractivity contribution in [3.05, 3.63) is 35.9 Å². The highest BCUT2D eigenvalue weighted by atomic mass is 16.3. The first-order valence-corrected chi connectivity index (χ1v) is 10.3. The van der Waals surface area contributed by atoms with Crippen molar-refractivity contribution in [2.24, 2.45) is 5.92 Å². The van der Waals surface area contributed by atoms with Crippen LogP contribution >= 0.6 is 0 Å². The third-order valence-electron chi connectivity index (χ3n) is 6.44. The van der Waals surface area contributed by atoms with Gasteiger partial charge < -0.3 is 14.9 Å². The van der Waals surface area contributed by atoms with Crippen LogP contribution in [0.2, 0.25) is 0 Å². The second-order valence-corrected chi connectivity index (χ2v) is 8.34. The lowest BCUT2D eigenvalue weighted by Crippen LogP contribution is -2.50. The summed E-state index contributed by atoms with van der Waals surface area (Å²) in [5.74, 6) is 0.430. The number of likely N-dealkylation sites (N-methyl/N-ethyl adjacent to an activating group) is 1. The Labute approximate surface area is 154 Å². The van der Waals surface area contributed by atoms with Gasteiger partial charge in [-0.2, -0.15) is 0 Å². The Balaban J connectivity index is 1.64. The predicted molar refractivity (Wildman–Crippen MR) is 105 cm³/mol. The number of piperazine rings is 1. The quantitative estimate of drug-likeness (QED) is 0.885. The molecule has 1 heterocycles. The maximum atomic E-state index is 11.6. The molecule has 3 rings (SSSR count). The first-order chi connectivity index (χ1) is 12.2. The van der Waals surface area contributed by atoms with Gasteiger partial charge >= 0.3 is 0 Å². The van der Waals surface area contributed by atoms with Gasteiger partial charge in [0.25, 0.3) is 0 Å². The first-order valence-electron chi connectivity index (χ1n) is 10.3. The molecule has 2 unspecified atom stereocenters. The maximum Gasteiger partial charge on any atom is 0.0691 e. The van der Waals surface area contributed by atoms with E-state index in [0.717, 1.165) is 52.0 Å². The Morgan fingerprint density at radius 2 is 1.72 bits per heavy atom. The molecule has 1 saturated carbocycles. The Morgan fingerprint density at radius 1 is 1.00 bits per heavy atom. The molecule has 2 fully saturated rings. The van der Waals surface area contributed by atoms with Crippen LogP contribution in [0.15, 0.2) is 30.3 Å². The number of hydrogen-bond donors (Lipinski definition) is 1. The van der Waals surface area contributed by atoms with E-state index in [1.165, 1.54) is 37.7 Å². The summed E-state index contributed by atoms with van der Waals surface area (Å²) in [7, 11) is 2.21. The minimum atomic E-state index is -0.486. The van der Waals surface area contributed by atoms with Gasteiger partial charge in [-0.05, 0) is 38.3 Å². The van der Waals surface area contributed by atoms with E-state index < -0.39 is 5.60 Å². The summed E-state index contributed by atoms with van der Waals surface area (Å²) in [5, 5.41) is 11.6. The fourth-order valence-corrected chi connectivity index (χ4v) is 4.59. The topological polar surface area (TPSA) is 26.7 Å². The molecular formula is C22H36N2O. The summed E-state index contributed by atoms with van der Waals surface area (Å²) in [6.07, 6.45) is 9.18. The smallest absolute Gasteiger partial charge is 0.0691 e. The van der Waals surface area contributed by atoms with E-state index in [9.17, 15) is 5.11 Å². The maximum absolute atomic E-state index is 11.6. The summed E-state index contributed by atoms with van der Waals surface area (Å²) in [5.41, 5.74) is 0.871. The summed E-state index contributed by atoms with van der Waals surface area (Å²) < 4.78 is 0. The van der Waals surface area contributed by atoms with Crippen LogP contribution in [0, 0.1) is 5.92 Å². The lowest BCUT2D eigenvalue weighted by atomic mass is 9.74. The first kappa shape index (κ1) is 18.9. The molecule has 1 N–H and O–H groups in total. The third kappa shape index (κ3) is 5.54. The molecule has 1 aliphatic carbocycles. The van der Waals surface area contributed by atoms with Gasteiger partial charge in [-0.15, -0.1) is 0 Å². The molecule has 0 bridgehead atoms. The molecular weight excluding hydrogens is 308 g/mol. The van der Waals surface area contributed by atoms with Crippen molar-refractivity contribution in [3.8, 4) is 0 Å². The number of hydrogen-bond acceptors (Lipinski definition) is 3. The summed E-state index contributed by atoms with van der Waals surface area (Å²) in [6.45, 7) is 5.72. The van der Waals surface area contributed by atoms with E-state index in [1.54, 1.807) is 0 Å². The minimum absolute atomic E-state index is 0.430. The van der Waals surface area contributed by atoms with Crippen LogP contribution in [0.3, 0.4) is 0 Å². The van der Waals surface area contributed by atoms with Crippen LogP contribution in [0.1, 0.15) is 50.5 Å². The highest BCUT2D eigenvalue weighted by molar-refractivity contribution is 5.15. The molecule has 25 heavy (non-hydrogen) atoms. The normalized spacial score (nSPS) is 29.9. The molecule has 140 valence electrons. The van der Waals surface area contributed by atoms with E-state index in [1.807, 2.05) is 0 Å². The average Bonchev–Trinajstić information content (AvgIpc) is 2.63. The van der Waals surface area contributed by atoms with Crippen LogP contribution in [-0.2, 0) is 6.42 Å². The molecule has 1 aromatic carbocycles. The Bertz CT molecular complexity index is 498. The zero-order valence-electron chi connectivity index (χ0n) is 16.0. The van der Waals surface area contributed by atoms with Crippen molar-refractivity contribution in [2.45, 2.75) is 57.0 Å². The molecule has 0 radical (unpaired) electrons. The number of aliphatic hydroxyl groups is 1. The SMILES string of the molecule is CN1CCN(CC2CCCCCCC2(O)CCc2ccccc2)CC1. The molecule has 2 aliphatic rings. The van der Waals surface area contributed by atoms with Crippen LogP contribution in [0.25, 0.3) is 0 Å². The van der Waals surface area contributed by atoms with E-state index in [0.29, 0.717) is 5.92 Å². The van der Waals surface area contributed by atoms with Crippen molar-refractivity contribution in [2.75, 3.05) is 39.8 Å². The zero-order chi connectivity index (χ0) is 17.5. The van der Waals surface area contributed by atoms with Crippen LogP contribution in [-0.4, -0.2) is 60.3 Å². The molecule has 1 saturated heterocycles. The van der Waals surface area contributed by atoms with Crippen molar-refractivity contribution >= 4 is 0 Å². The van der Waals surface area contributed by atoms with Crippen LogP contribution in [0.5, 0.6) is 0 Å². The summed E-state index contributed by atoms with van der Waals surface area (Å²) in [4.78, 5) is 5.01. The number of nitrogens with zero attached hydrogens (tertiary/aromatic N) is 2. The molecule has 3 nitrogen and oxygen atoms in total. The minimum Gasteiger partial charge on any atom is -0.390 e. The van der Waals surface area contributed by atoms with Gasteiger partial charge in [0.2, 0.25) is 0 Å². The largest absolute Gasteiger partial charge is 0.390 e. The van der Waals surface area contributed by atoms with Crippen molar-refractivity contribution in [1.29, 1.82) is 0 Å². The third-order valence-corrected chi connectivity index (χ3v) is 6.44. The number of aryl methyl sites for hydroxylation is 1. The lowest BCUT2D eigenvalue weighted by Gasteiger charge is -2.42. The van der Waals surface area contributed by atoms with Crippen LogP contribution < -0.4 is 0 Å². The Morgan fingerprint density at radius 3 is 2.48 bits per heavy atom. The van der Waals surface area contributed by atoms with Gasteiger partial charge in [-0.3, -0.25) is 0 Å². The second kappa shape index (κ2) is 9.16. The van der Waals surface area contributed by atoms with Gasteiger partial charge in [0.05, 0.1) is 5.60 Å². The number of rotatable bonds is 5. The monoisotopic (exact) mass is 344 g/mol. The molecule has 0 amide bonds. The highest BCUT2D eigenvalue weighted by Crippen LogP contribution is 2.36. The number of benzene rings is 1. The second-order valence-electron chi connectivity index (χ2n) is 8.34. The fraction of sp³-hybridized carbons (Fsp3) is 0.727. The molecule has 0 aromatic heterocycles. The van der Waals surface area contributed by atoms with Crippen molar-refractivity contribution in [3.63, 3.8) is 0 Å². The van der Waals surface area contributed by atoms with Gasteiger partial charge in [-0.1, -0.05) is 56.0 Å². The van der Waals surface area contributed by atoms with E-state index in [-0.39, 0.29) is 0 Å². The van der Waals surface area contributed by atoms with E-state index in [2.05, 4.69) is 47.2 Å². The van der Waals surface area contributed by atoms with Crippen LogP contribution in [0.4, 0.5) is 0 Å². The molecule has 2 atom stereocenters.